The second kappa shape index (κ2) is 4.77. The highest BCUT2D eigenvalue weighted by Crippen LogP contribution is 2.52. The third-order valence-corrected chi connectivity index (χ3v) is 3.19. The zero-order chi connectivity index (χ0) is 12.3. The van der Waals surface area contributed by atoms with Crippen molar-refractivity contribution in [2.45, 2.75) is 37.6 Å². The number of aliphatic carboxylic acids is 2. The van der Waals surface area contributed by atoms with Gasteiger partial charge in [-0.1, -0.05) is 0 Å². The summed E-state index contributed by atoms with van der Waals surface area (Å²) in [6.45, 7) is 0. The Labute approximate surface area is 92.9 Å². The lowest BCUT2D eigenvalue weighted by molar-refractivity contribution is -0.138. The van der Waals surface area contributed by atoms with Crippen molar-refractivity contribution >= 4 is 11.9 Å². The minimum absolute atomic E-state index is 0.00548. The van der Waals surface area contributed by atoms with Crippen molar-refractivity contribution in [2.75, 3.05) is 0 Å². The molecule has 0 amide bonds. The fourth-order valence-electron chi connectivity index (χ4n) is 2.11. The lowest BCUT2D eigenvalue weighted by Gasteiger charge is -2.23. The third-order valence-electron chi connectivity index (χ3n) is 3.19. The highest BCUT2D eigenvalue weighted by molar-refractivity contribution is 5.67. The molecule has 6 N–H and O–H groups in total. The summed E-state index contributed by atoms with van der Waals surface area (Å²) in [6.07, 6.45) is 1.57. The monoisotopic (exact) mass is 231 g/mol. The van der Waals surface area contributed by atoms with Crippen LogP contribution in [0.2, 0.25) is 0 Å². The molecular weight excluding hydrogens is 214 g/mol. The Balaban J connectivity index is 2.45. The summed E-state index contributed by atoms with van der Waals surface area (Å²) in [6, 6.07) is 0. The van der Waals surface area contributed by atoms with Crippen molar-refractivity contribution < 1.29 is 19.8 Å². The van der Waals surface area contributed by atoms with Gasteiger partial charge < -0.3 is 10.2 Å². The molecule has 1 aliphatic rings. The van der Waals surface area contributed by atoms with Crippen molar-refractivity contribution in [2.24, 2.45) is 17.6 Å². The molecule has 0 bridgehead atoms. The standard InChI is InChI=1S/C9H17N3O4/c10-12(11)9(4-3-8(15)16)5-6(9)1-2-7(13)14/h6H,1-5,10-11H2,(H,13,14)(H,15,16)/t6-,9-/m0/s1. The Kier molecular flexibility index (Phi) is 3.84. The number of carboxylic acids is 2. The van der Waals surface area contributed by atoms with E-state index in [1.165, 1.54) is 0 Å². The molecule has 16 heavy (non-hydrogen) atoms. The van der Waals surface area contributed by atoms with Gasteiger partial charge in [-0.15, -0.1) is 0 Å². The van der Waals surface area contributed by atoms with Gasteiger partial charge in [0.05, 0.1) is 5.54 Å². The number of hydrogen-bond acceptors (Lipinski definition) is 5. The van der Waals surface area contributed by atoms with Crippen molar-refractivity contribution in [1.82, 2.24) is 5.12 Å². The topological polar surface area (TPSA) is 130 Å². The highest BCUT2D eigenvalue weighted by atomic mass is 16.4. The van der Waals surface area contributed by atoms with Gasteiger partial charge in [0, 0.05) is 12.8 Å². The van der Waals surface area contributed by atoms with Gasteiger partial charge >= 0.3 is 11.9 Å². The average Bonchev–Trinajstić information content (AvgIpc) is 2.87. The molecule has 92 valence electrons. The van der Waals surface area contributed by atoms with E-state index >= 15 is 0 Å². The minimum Gasteiger partial charge on any atom is -0.481 e. The summed E-state index contributed by atoms with van der Waals surface area (Å²) < 4.78 is 0. The Morgan fingerprint density at radius 1 is 1.25 bits per heavy atom. The van der Waals surface area contributed by atoms with Crippen LogP contribution in [0.25, 0.3) is 0 Å². The first-order chi connectivity index (χ1) is 7.38. The Hall–Kier alpha value is -1.18. The van der Waals surface area contributed by atoms with Crippen LogP contribution in [-0.2, 0) is 9.59 Å². The maximum absolute atomic E-state index is 10.5. The number of carboxylic acid groups (broad SMARTS) is 2. The molecule has 0 aliphatic heterocycles. The van der Waals surface area contributed by atoms with Gasteiger partial charge in [-0.2, -0.15) is 5.12 Å². The quantitative estimate of drug-likeness (QED) is 0.344. The molecule has 1 fully saturated rings. The number of hydrogen-bond donors (Lipinski definition) is 4. The van der Waals surface area contributed by atoms with Gasteiger partial charge in [0.1, 0.15) is 0 Å². The van der Waals surface area contributed by atoms with E-state index in [1.54, 1.807) is 0 Å². The first-order valence-corrected chi connectivity index (χ1v) is 5.11. The highest BCUT2D eigenvalue weighted by Gasteiger charge is 2.56. The zero-order valence-electron chi connectivity index (χ0n) is 8.93. The van der Waals surface area contributed by atoms with E-state index in [4.69, 9.17) is 21.9 Å². The predicted molar refractivity (Wildman–Crippen MR) is 54.8 cm³/mol. The second-order valence-corrected chi connectivity index (χ2v) is 4.24. The summed E-state index contributed by atoms with van der Waals surface area (Å²) in [5.74, 6) is 9.29. The molecule has 0 aromatic heterocycles. The molecule has 2 atom stereocenters. The van der Waals surface area contributed by atoms with Crippen LogP contribution in [0.3, 0.4) is 0 Å². The van der Waals surface area contributed by atoms with Gasteiger partial charge in [-0.05, 0) is 25.2 Å². The van der Waals surface area contributed by atoms with Crippen molar-refractivity contribution in [3.63, 3.8) is 0 Å². The van der Waals surface area contributed by atoms with E-state index < -0.39 is 17.5 Å². The molecule has 0 radical (unpaired) electrons. The van der Waals surface area contributed by atoms with Crippen LogP contribution in [0.5, 0.6) is 0 Å². The molecule has 7 heteroatoms. The van der Waals surface area contributed by atoms with Crippen molar-refractivity contribution in [3.8, 4) is 0 Å². The maximum atomic E-state index is 10.5. The Morgan fingerprint density at radius 3 is 2.25 bits per heavy atom. The molecule has 1 saturated carbocycles. The van der Waals surface area contributed by atoms with Gasteiger partial charge in [-0.25, -0.2) is 0 Å². The van der Waals surface area contributed by atoms with Crippen LogP contribution in [0.15, 0.2) is 0 Å². The minimum atomic E-state index is -0.898. The van der Waals surface area contributed by atoms with Crippen molar-refractivity contribution in [3.05, 3.63) is 0 Å². The molecule has 0 aromatic rings. The van der Waals surface area contributed by atoms with Crippen LogP contribution < -0.4 is 11.7 Å². The van der Waals surface area contributed by atoms with E-state index in [0.29, 0.717) is 19.3 Å². The summed E-state index contributed by atoms with van der Waals surface area (Å²) >= 11 is 0. The third kappa shape index (κ3) is 2.91. The molecule has 1 aliphatic carbocycles. The molecule has 0 saturated heterocycles. The summed E-state index contributed by atoms with van der Waals surface area (Å²) in [7, 11) is 0. The smallest absolute Gasteiger partial charge is 0.303 e. The number of carbonyl (C=O) groups is 2. The lowest BCUT2D eigenvalue weighted by atomic mass is 10.0. The number of rotatable bonds is 7. The fourth-order valence-corrected chi connectivity index (χ4v) is 2.11. The van der Waals surface area contributed by atoms with Gasteiger partial charge in [0.25, 0.3) is 0 Å². The van der Waals surface area contributed by atoms with Crippen molar-refractivity contribution in [1.29, 1.82) is 0 Å². The first-order valence-electron chi connectivity index (χ1n) is 5.11. The Morgan fingerprint density at radius 2 is 1.81 bits per heavy atom. The van der Waals surface area contributed by atoms with E-state index in [1.807, 2.05) is 0 Å². The molecule has 0 aromatic carbocycles. The molecular formula is C9H17N3O4. The normalized spacial score (nSPS) is 28.1. The lowest BCUT2D eigenvalue weighted by Crippen LogP contribution is -2.50. The second-order valence-electron chi connectivity index (χ2n) is 4.24. The number of nitrogens with zero attached hydrogens (tertiary/aromatic N) is 1. The number of hydrazine groups is 2. The van der Waals surface area contributed by atoms with E-state index in [9.17, 15) is 9.59 Å². The fraction of sp³-hybridized carbons (Fsp3) is 0.778. The predicted octanol–water partition coefficient (Wildman–Crippen LogP) is -0.476. The SMILES string of the molecule is NN(N)[C@@]1(CCC(=O)O)C[C@@H]1CCC(=O)O. The molecule has 0 heterocycles. The zero-order valence-corrected chi connectivity index (χ0v) is 8.93. The van der Waals surface area contributed by atoms with Gasteiger partial charge in [0.15, 0.2) is 0 Å². The largest absolute Gasteiger partial charge is 0.481 e. The van der Waals surface area contributed by atoms with Crippen LogP contribution >= 0.6 is 0 Å². The molecule has 0 unspecified atom stereocenters. The summed E-state index contributed by atoms with van der Waals surface area (Å²) in [5.41, 5.74) is -0.520. The molecule has 0 spiro atoms. The van der Waals surface area contributed by atoms with E-state index in [0.717, 1.165) is 5.12 Å². The van der Waals surface area contributed by atoms with Crippen LogP contribution in [0.4, 0.5) is 0 Å². The Bertz CT molecular complexity index is 294. The average molecular weight is 231 g/mol. The van der Waals surface area contributed by atoms with Crippen LogP contribution in [0.1, 0.15) is 32.1 Å². The molecule has 1 rings (SSSR count). The maximum Gasteiger partial charge on any atom is 0.303 e. The van der Waals surface area contributed by atoms with Crippen LogP contribution in [0, 0.1) is 5.92 Å². The number of nitrogens with two attached hydrogens (primary N) is 2. The molecule has 7 nitrogen and oxygen atoms in total. The van der Waals surface area contributed by atoms with E-state index in [2.05, 4.69) is 0 Å². The first kappa shape index (κ1) is 12.9. The van der Waals surface area contributed by atoms with E-state index in [-0.39, 0.29) is 18.8 Å². The van der Waals surface area contributed by atoms with Crippen LogP contribution in [-0.4, -0.2) is 32.8 Å². The summed E-state index contributed by atoms with van der Waals surface area (Å²) in [5, 5.41) is 18.2. The van der Waals surface area contributed by atoms with Gasteiger partial charge in [-0.3, -0.25) is 21.3 Å². The summed E-state index contributed by atoms with van der Waals surface area (Å²) in [4.78, 5) is 20.9. The van der Waals surface area contributed by atoms with Gasteiger partial charge in [0.2, 0.25) is 0 Å².